The molecular weight excluding hydrogens is 212 g/mol. The molecule has 0 saturated carbocycles. The van der Waals surface area contributed by atoms with Gasteiger partial charge in [0.1, 0.15) is 0 Å². The maximum Gasteiger partial charge on any atom is 0.0917 e. The van der Waals surface area contributed by atoms with Gasteiger partial charge >= 0.3 is 0 Å². The molecule has 1 unspecified atom stereocenters. The lowest BCUT2D eigenvalue weighted by molar-refractivity contribution is 0.271. The third-order valence-corrected chi connectivity index (χ3v) is 2.87. The lowest BCUT2D eigenvalue weighted by Crippen LogP contribution is -2.00. The van der Waals surface area contributed by atoms with Gasteiger partial charge in [-0.15, -0.1) is 0 Å². The number of hydrogen-bond acceptors (Lipinski definition) is 2. The van der Waals surface area contributed by atoms with Gasteiger partial charge in [0.05, 0.1) is 12.3 Å². The maximum absolute atomic E-state index is 9.93. The number of nitrogens with zero attached hydrogens (tertiary/aromatic N) is 2. The van der Waals surface area contributed by atoms with Crippen LogP contribution < -0.4 is 0 Å². The Morgan fingerprint density at radius 1 is 1.29 bits per heavy atom. The number of aliphatic hydroxyl groups excluding tert-OH is 1. The molecule has 1 aliphatic rings. The van der Waals surface area contributed by atoms with Gasteiger partial charge in [0, 0.05) is 18.8 Å². The van der Waals surface area contributed by atoms with Gasteiger partial charge < -0.3 is 5.11 Å². The van der Waals surface area contributed by atoms with Gasteiger partial charge in [0.2, 0.25) is 0 Å². The number of aryl methyl sites for hydroxylation is 1. The van der Waals surface area contributed by atoms with Crippen LogP contribution in [0.2, 0.25) is 0 Å². The van der Waals surface area contributed by atoms with Crippen LogP contribution in [0, 0.1) is 5.92 Å². The number of rotatable bonds is 2. The molecule has 1 heterocycles. The van der Waals surface area contributed by atoms with Crippen LogP contribution in [0.15, 0.2) is 42.3 Å². The summed E-state index contributed by atoms with van der Waals surface area (Å²) in [6.07, 6.45) is 11.1. The van der Waals surface area contributed by atoms with Crippen LogP contribution >= 0.6 is 0 Å². The van der Waals surface area contributed by atoms with Crippen molar-refractivity contribution < 1.29 is 5.11 Å². The zero-order valence-electron chi connectivity index (χ0n) is 10.5. The highest BCUT2D eigenvalue weighted by Gasteiger charge is 2.10. The molecule has 0 aromatic carbocycles. The zero-order valence-corrected chi connectivity index (χ0v) is 10.5. The van der Waals surface area contributed by atoms with Crippen LogP contribution in [0.1, 0.15) is 19.4 Å². The summed E-state index contributed by atoms with van der Waals surface area (Å²) in [5.41, 5.74) is 3.20. The fourth-order valence-electron chi connectivity index (χ4n) is 1.87. The highest BCUT2D eigenvalue weighted by molar-refractivity contribution is 5.75. The van der Waals surface area contributed by atoms with Crippen molar-refractivity contribution in [3.8, 4) is 0 Å². The second-order valence-electron chi connectivity index (χ2n) is 4.67. The summed E-state index contributed by atoms with van der Waals surface area (Å²) in [6, 6.07) is 0. The van der Waals surface area contributed by atoms with Gasteiger partial charge in [0.15, 0.2) is 0 Å². The molecule has 1 aromatic rings. The van der Waals surface area contributed by atoms with Crippen molar-refractivity contribution in [3.05, 3.63) is 47.8 Å². The topological polar surface area (TPSA) is 38.1 Å². The molecule has 3 heteroatoms. The summed E-state index contributed by atoms with van der Waals surface area (Å²) in [7, 11) is 1.89. The summed E-state index contributed by atoms with van der Waals surface area (Å²) >= 11 is 0. The van der Waals surface area contributed by atoms with Crippen molar-refractivity contribution in [2.75, 3.05) is 0 Å². The third kappa shape index (κ3) is 2.74. The molecule has 1 atom stereocenters. The molecule has 0 aliphatic heterocycles. The molecule has 1 aromatic heterocycles. The van der Waals surface area contributed by atoms with E-state index in [0.29, 0.717) is 5.92 Å². The van der Waals surface area contributed by atoms with E-state index < -0.39 is 6.10 Å². The Balaban J connectivity index is 2.31. The summed E-state index contributed by atoms with van der Waals surface area (Å²) in [6.45, 7) is 4.25. The molecule has 2 rings (SSSR count). The molecule has 0 spiro atoms. The number of allylic oxidation sites excluding steroid dienone is 4. The molecular formula is C14H18N2O. The van der Waals surface area contributed by atoms with Crippen molar-refractivity contribution in [1.29, 1.82) is 0 Å². The summed E-state index contributed by atoms with van der Waals surface area (Å²) in [5.74, 6) is 0.419. The Morgan fingerprint density at radius 3 is 2.65 bits per heavy atom. The minimum Gasteiger partial charge on any atom is -0.385 e. The Morgan fingerprint density at radius 2 is 2.06 bits per heavy atom. The van der Waals surface area contributed by atoms with Gasteiger partial charge in [-0.2, -0.15) is 5.10 Å². The molecule has 0 saturated heterocycles. The molecule has 1 N–H and O–H groups in total. The van der Waals surface area contributed by atoms with Gasteiger partial charge in [-0.3, -0.25) is 4.68 Å². The van der Waals surface area contributed by atoms with Crippen molar-refractivity contribution in [2.24, 2.45) is 13.0 Å². The van der Waals surface area contributed by atoms with Gasteiger partial charge in [0.25, 0.3) is 0 Å². The highest BCUT2D eigenvalue weighted by atomic mass is 16.3. The van der Waals surface area contributed by atoms with Crippen LogP contribution in [-0.4, -0.2) is 21.0 Å². The molecule has 3 nitrogen and oxygen atoms in total. The number of aromatic nitrogens is 2. The summed E-state index contributed by atoms with van der Waals surface area (Å²) in [4.78, 5) is 0. The summed E-state index contributed by atoms with van der Waals surface area (Å²) in [5, 5.41) is 14.1. The number of hydrogen-bond donors (Lipinski definition) is 1. The first-order chi connectivity index (χ1) is 8.06. The largest absolute Gasteiger partial charge is 0.385 e. The zero-order chi connectivity index (χ0) is 12.4. The van der Waals surface area contributed by atoms with E-state index in [2.05, 4.69) is 25.0 Å². The van der Waals surface area contributed by atoms with Crippen molar-refractivity contribution in [1.82, 2.24) is 9.78 Å². The average molecular weight is 230 g/mol. The minimum atomic E-state index is -0.530. The molecule has 1 aliphatic carbocycles. The van der Waals surface area contributed by atoms with Crippen molar-refractivity contribution in [2.45, 2.75) is 20.0 Å². The first kappa shape index (κ1) is 11.9. The van der Waals surface area contributed by atoms with E-state index in [9.17, 15) is 5.11 Å². The van der Waals surface area contributed by atoms with E-state index in [-0.39, 0.29) is 0 Å². The fourth-order valence-corrected chi connectivity index (χ4v) is 1.87. The molecule has 90 valence electrons. The lowest BCUT2D eigenvalue weighted by atomic mass is 10.0. The van der Waals surface area contributed by atoms with Gasteiger partial charge in [-0.05, 0) is 29.2 Å². The summed E-state index contributed by atoms with van der Waals surface area (Å²) < 4.78 is 1.76. The van der Waals surface area contributed by atoms with E-state index in [1.54, 1.807) is 4.68 Å². The monoisotopic (exact) mass is 230 g/mol. The van der Waals surface area contributed by atoms with Crippen LogP contribution in [0.4, 0.5) is 0 Å². The van der Waals surface area contributed by atoms with E-state index in [4.69, 9.17) is 0 Å². The van der Waals surface area contributed by atoms with Crippen LogP contribution in [0.3, 0.4) is 0 Å². The first-order valence-electron chi connectivity index (χ1n) is 5.85. The predicted octanol–water partition coefficient (Wildman–Crippen LogP) is 2.32. The molecule has 0 amide bonds. The van der Waals surface area contributed by atoms with Gasteiger partial charge in [-0.25, -0.2) is 0 Å². The molecule has 17 heavy (non-hydrogen) atoms. The Hall–Kier alpha value is -1.61. The predicted molar refractivity (Wildman–Crippen MR) is 69.3 cm³/mol. The number of aliphatic hydroxyl groups is 1. The minimum absolute atomic E-state index is 0.419. The SMILES string of the molecule is CC(C)C1=CC(O)C=C(c2cnn(C)c2)C=C1. The second kappa shape index (κ2) is 4.72. The smallest absolute Gasteiger partial charge is 0.0917 e. The van der Waals surface area contributed by atoms with E-state index >= 15 is 0 Å². The van der Waals surface area contributed by atoms with Crippen LogP contribution in [0.25, 0.3) is 5.57 Å². The standard InChI is InChI=1S/C14H18N2O/c1-10(2)11-4-5-12(7-14(17)6-11)13-8-15-16(3)9-13/h4-10,14,17H,1-3H3. The fraction of sp³-hybridized carbons (Fsp3) is 0.357. The van der Waals surface area contributed by atoms with E-state index in [1.807, 2.05) is 37.7 Å². The Bertz CT molecular complexity index is 492. The third-order valence-electron chi connectivity index (χ3n) is 2.87. The Kier molecular flexibility index (Phi) is 3.29. The highest BCUT2D eigenvalue weighted by Crippen LogP contribution is 2.23. The van der Waals surface area contributed by atoms with E-state index in [1.165, 1.54) is 0 Å². The van der Waals surface area contributed by atoms with Gasteiger partial charge in [-0.1, -0.05) is 26.0 Å². The van der Waals surface area contributed by atoms with Crippen molar-refractivity contribution in [3.63, 3.8) is 0 Å². The molecule has 0 bridgehead atoms. The molecule has 0 radical (unpaired) electrons. The maximum atomic E-state index is 9.93. The second-order valence-corrected chi connectivity index (χ2v) is 4.67. The van der Waals surface area contributed by atoms with Crippen LogP contribution in [-0.2, 0) is 7.05 Å². The van der Waals surface area contributed by atoms with E-state index in [0.717, 1.165) is 16.7 Å². The lowest BCUT2D eigenvalue weighted by Gasteiger charge is -2.06. The van der Waals surface area contributed by atoms with Crippen LogP contribution in [0.5, 0.6) is 0 Å². The average Bonchev–Trinajstić information content (AvgIpc) is 2.58. The normalized spacial score (nSPS) is 20.2. The van der Waals surface area contributed by atoms with Crippen molar-refractivity contribution >= 4 is 5.57 Å². The Labute approximate surface area is 102 Å². The molecule has 0 fully saturated rings. The quantitative estimate of drug-likeness (QED) is 0.846. The first-order valence-corrected chi connectivity index (χ1v) is 5.85.